The van der Waals surface area contributed by atoms with E-state index >= 15 is 0 Å². The summed E-state index contributed by atoms with van der Waals surface area (Å²) in [5.74, 6) is 0. The lowest BCUT2D eigenvalue weighted by atomic mass is 9.92. The summed E-state index contributed by atoms with van der Waals surface area (Å²) >= 11 is 3.22. The van der Waals surface area contributed by atoms with E-state index in [9.17, 15) is 4.79 Å². The first-order valence-corrected chi connectivity index (χ1v) is 4.36. The fourth-order valence-corrected chi connectivity index (χ4v) is 1.89. The van der Waals surface area contributed by atoms with Gasteiger partial charge in [-0.15, -0.1) is 0 Å². The second-order valence-corrected chi connectivity index (χ2v) is 4.79. The van der Waals surface area contributed by atoms with E-state index in [4.69, 9.17) is 5.11 Å². The zero-order valence-corrected chi connectivity index (χ0v) is 8.60. The molecule has 0 saturated carbocycles. The molecule has 0 aliphatic rings. The maximum atomic E-state index is 10.2. The lowest BCUT2D eigenvalue weighted by Gasteiger charge is -2.21. The third-order valence-corrected chi connectivity index (χ3v) is 1.62. The van der Waals surface area contributed by atoms with Gasteiger partial charge in [0.15, 0.2) is 0 Å². The van der Waals surface area contributed by atoms with Crippen molar-refractivity contribution in [2.45, 2.75) is 32.1 Å². The van der Waals surface area contributed by atoms with Gasteiger partial charge in [0, 0.05) is 0 Å². The molecule has 11 heavy (non-hydrogen) atoms. The molecule has 0 rings (SSSR count). The highest BCUT2D eigenvalue weighted by atomic mass is 79.9. The molecule has 0 aromatic rings. The van der Waals surface area contributed by atoms with E-state index in [1.165, 1.54) is 0 Å². The Hall–Kier alpha value is -0.250. The molecule has 2 N–H and O–H groups in total. The van der Waals surface area contributed by atoms with Gasteiger partial charge in [0.25, 0.3) is 0 Å². The number of carbonyl (C=O) groups is 1. The highest BCUT2D eigenvalue weighted by Crippen LogP contribution is 2.22. The second kappa shape index (κ2) is 3.95. The van der Waals surface area contributed by atoms with Crippen LogP contribution in [0.15, 0.2) is 0 Å². The Morgan fingerprint density at radius 1 is 1.64 bits per heavy atom. The van der Waals surface area contributed by atoms with Crippen molar-refractivity contribution in [1.29, 1.82) is 0 Å². The Labute approximate surface area is 75.3 Å². The van der Waals surface area contributed by atoms with E-state index in [0.717, 1.165) is 6.42 Å². The third kappa shape index (κ3) is 7.65. The minimum atomic E-state index is -0.990. The molecule has 0 aromatic carbocycles. The van der Waals surface area contributed by atoms with Crippen LogP contribution < -0.4 is 5.32 Å². The zero-order valence-electron chi connectivity index (χ0n) is 7.02. The van der Waals surface area contributed by atoms with Crippen molar-refractivity contribution in [1.82, 2.24) is 5.32 Å². The van der Waals surface area contributed by atoms with Crippen LogP contribution in [-0.4, -0.2) is 16.2 Å². The van der Waals surface area contributed by atoms with Crippen LogP contribution in [0.4, 0.5) is 4.79 Å². The van der Waals surface area contributed by atoms with Crippen LogP contribution in [0, 0.1) is 5.41 Å². The fraction of sp³-hybridized carbons (Fsp3) is 0.857. The molecule has 0 aromatic heterocycles. The molecule has 0 aliphatic carbocycles. The van der Waals surface area contributed by atoms with Crippen LogP contribution >= 0.6 is 15.9 Å². The van der Waals surface area contributed by atoms with Crippen LogP contribution in [0.25, 0.3) is 0 Å². The molecule has 0 aliphatic heterocycles. The molecular weight excluding hydrogens is 210 g/mol. The van der Waals surface area contributed by atoms with Crippen LogP contribution in [0.1, 0.15) is 27.2 Å². The van der Waals surface area contributed by atoms with Crippen molar-refractivity contribution in [2.24, 2.45) is 5.41 Å². The number of hydrogen-bond donors (Lipinski definition) is 2. The fourth-order valence-electron chi connectivity index (χ4n) is 0.723. The number of alkyl halides is 1. The summed E-state index contributed by atoms with van der Waals surface area (Å²) in [5, 5.41) is 10.7. The molecular formula is C7H14BrNO2. The molecule has 0 saturated heterocycles. The Morgan fingerprint density at radius 3 is 2.36 bits per heavy atom. The molecule has 0 radical (unpaired) electrons. The third-order valence-electron chi connectivity index (χ3n) is 1.07. The Morgan fingerprint density at radius 2 is 2.09 bits per heavy atom. The summed E-state index contributed by atoms with van der Waals surface area (Å²) in [5.41, 5.74) is 0.136. The van der Waals surface area contributed by atoms with Crippen molar-refractivity contribution in [3.8, 4) is 0 Å². The second-order valence-electron chi connectivity index (χ2n) is 3.68. The minimum Gasteiger partial charge on any atom is -0.465 e. The number of nitrogens with one attached hydrogen (secondary N) is 1. The number of rotatable bonds is 2. The van der Waals surface area contributed by atoms with Crippen LogP contribution in [0.5, 0.6) is 0 Å². The highest BCUT2D eigenvalue weighted by molar-refractivity contribution is 9.09. The quantitative estimate of drug-likeness (QED) is 0.559. The molecule has 0 heterocycles. The van der Waals surface area contributed by atoms with Crippen LogP contribution in [-0.2, 0) is 0 Å². The molecule has 0 spiro atoms. The largest absolute Gasteiger partial charge is 0.465 e. The molecule has 0 bridgehead atoms. The summed E-state index contributed by atoms with van der Waals surface area (Å²) in [6.07, 6.45) is -0.213. The number of halogens is 1. The molecule has 66 valence electrons. The van der Waals surface area contributed by atoms with E-state index in [0.29, 0.717) is 0 Å². The van der Waals surface area contributed by atoms with Crippen molar-refractivity contribution in [2.75, 3.05) is 0 Å². The zero-order chi connectivity index (χ0) is 9.07. The summed E-state index contributed by atoms with van der Waals surface area (Å²) in [4.78, 5) is 10.0. The van der Waals surface area contributed by atoms with E-state index in [-0.39, 0.29) is 10.4 Å². The predicted octanol–water partition coefficient (Wildman–Crippen LogP) is 2.41. The first-order chi connectivity index (χ1) is 4.81. The normalized spacial score (nSPS) is 14.2. The van der Waals surface area contributed by atoms with E-state index < -0.39 is 6.09 Å². The lowest BCUT2D eigenvalue weighted by Crippen LogP contribution is -2.31. The Bertz CT molecular complexity index is 142. The SMILES string of the molecule is CC(C)(C)CC(Br)NC(=O)O. The summed E-state index contributed by atoms with van der Waals surface area (Å²) in [7, 11) is 0. The monoisotopic (exact) mass is 223 g/mol. The Balaban J connectivity index is 3.69. The molecule has 3 nitrogen and oxygen atoms in total. The lowest BCUT2D eigenvalue weighted by molar-refractivity contribution is 0.191. The van der Waals surface area contributed by atoms with Gasteiger partial charge in [-0.25, -0.2) is 4.79 Å². The van der Waals surface area contributed by atoms with E-state index in [1.807, 2.05) is 0 Å². The first kappa shape index (κ1) is 10.8. The van der Waals surface area contributed by atoms with Gasteiger partial charge < -0.3 is 10.4 Å². The van der Waals surface area contributed by atoms with Gasteiger partial charge in [-0.3, -0.25) is 0 Å². The predicted molar refractivity (Wildman–Crippen MR) is 47.9 cm³/mol. The molecule has 0 fully saturated rings. The van der Waals surface area contributed by atoms with Crippen LogP contribution in [0.2, 0.25) is 0 Å². The average molecular weight is 224 g/mol. The molecule has 4 heteroatoms. The van der Waals surface area contributed by atoms with E-state index in [2.05, 4.69) is 42.0 Å². The van der Waals surface area contributed by atoms with Crippen molar-refractivity contribution in [3.05, 3.63) is 0 Å². The summed E-state index contributed by atoms with van der Waals surface area (Å²) in [6.45, 7) is 6.18. The standard InChI is InChI=1S/C7H14BrNO2/c1-7(2,3)4-5(8)9-6(10)11/h5,9H,4H2,1-3H3,(H,10,11). The van der Waals surface area contributed by atoms with E-state index in [1.54, 1.807) is 0 Å². The first-order valence-electron chi connectivity index (χ1n) is 3.45. The number of carboxylic acid groups (broad SMARTS) is 1. The maximum Gasteiger partial charge on any atom is 0.405 e. The van der Waals surface area contributed by atoms with Gasteiger partial charge in [0.05, 0.1) is 4.95 Å². The molecule has 1 unspecified atom stereocenters. The minimum absolute atomic E-state index is 0.136. The smallest absolute Gasteiger partial charge is 0.405 e. The van der Waals surface area contributed by atoms with Crippen molar-refractivity contribution in [3.63, 3.8) is 0 Å². The average Bonchev–Trinajstić information content (AvgIpc) is 1.53. The van der Waals surface area contributed by atoms with Gasteiger partial charge in [0.1, 0.15) is 0 Å². The number of amides is 1. The summed E-state index contributed by atoms with van der Waals surface area (Å²) < 4.78 is 0. The topological polar surface area (TPSA) is 49.3 Å². The molecule has 1 atom stereocenters. The van der Waals surface area contributed by atoms with Gasteiger partial charge in [0.2, 0.25) is 0 Å². The Kier molecular flexibility index (Phi) is 3.86. The number of hydrogen-bond acceptors (Lipinski definition) is 1. The highest BCUT2D eigenvalue weighted by Gasteiger charge is 2.17. The maximum absolute atomic E-state index is 10.2. The summed E-state index contributed by atoms with van der Waals surface area (Å²) in [6, 6.07) is 0. The van der Waals surface area contributed by atoms with Crippen LogP contribution in [0.3, 0.4) is 0 Å². The van der Waals surface area contributed by atoms with Gasteiger partial charge in [-0.05, 0) is 11.8 Å². The van der Waals surface area contributed by atoms with Gasteiger partial charge in [-0.2, -0.15) is 0 Å². The van der Waals surface area contributed by atoms with Gasteiger partial charge in [-0.1, -0.05) is 36.7 Å². The van der Waals surface area contributed by atoms with Crippen molar-refractivity contribution < 1.29 is 9.90 Å². The van der Waals surface area contributed by atoms with Crippen molar-refractivity contribution >= 4 is 22.0 Å². The van der Waals surface area contributed by atoms with Gasteiger partial charge >= 0.3 is 6.09 Å². The molecule has 1 amide bonds.